The number of hydrogen-bond acceptors (Lipinski definition) is 4. The van der Waals surface area contributed by atoms with Crippen LogP contribution in [0.15, 0.2) is 18.2 Å². The summed E-state index contributed by atoms with van der Waals surface area (Å²) >= 11 is 0. The molecule has 1 N–H and O–H groups in total. The average molecular weight is 355 g/mol. The van der Waals surface area contributed by atoms with Gasteiger partial charge in [0.05, 0.1) is 29.2 Å². The fourth-order valence-electron chi connectivity index (χ4n) is 2.99. The maximum atomic E-state index is 12.9. The monoisotopic (exact) mass is 355 g/mol. The number of rotatable bonds is 3. The van der Waals surface area contributed by atoms with Gasteiger partial charge >= 0.3 is 6.18 Å². The van der Waals surface area contributed by atoms with Crippen molar-refractivity contribution in [3.8, 4) is 6.07 Å². The zero-order valence-electron chi connectivity index (χ0n) is 14.1. The minimum atomic E-state index is -4.59. The van der Waals surface area contributed by atoms with Gasteiger partial charge in [-0.15, -0.1) is 0 Å². The van der Waals surface area contributed by atoms with Gasteiger partial charge in [0.1, 0.15) is 0 Å². The first-order chi connectivity index (χ1) is 11.6. The molecular weight excluding hydrogens is 335 g/mol. The molecule has 8 heteroatoms. The number of nitrogens with zero attached hydrogens (tertiary/aromatic N) is 3. The maximum Gasteiger partial charge on any atom is 0.417 e. The second kappa shape index (κ2) is 6.92. The number of hydrogen-bond donors (Lipinski definition) is 1. The van der Waals surface area contributed by atoms with Gasteiger partial charge in [0.15, 0.2) is 0 Å². The highest BCUT2D eigenvalue weighted by Crippen LogP contribution is 2.35. The second-order valence-electron chi connectivity index (χ2n) is 6.55. The van der Waals surface area contributed by atoms with Gasteiger partial charge in [-0.25, -0.2) is 0 Å². The molecule has 0 spiro atoms. The first kappa shape index (κ1) is 19.1. The molecule has 136 valence electrons. The maximum absolute atomic E-state index is 12.9. The summed E-state index contributed by atoms with van der Waals surface area (Å²) in [6, 6.07) is 4.94. The van der Waals surface area contributed by atoms with Crippen molar-refractivity contribution in [3.05, 3.63) is 29.3 Å². The van der Waals surface area contributed by atoms with Crippen molar-refractivity contribution in [2.45, 2.75) is 31.0 Å². The molecule has 0 aliphatic carbocycles. The number of halogens is 3. The van der Waals surface area contributed by atoms with E-state index in [2.05, 4.69) is 0 Å². The minimum Gasteiger partial charge on any atom is -0.388 e. The molecule has 1 atom stereocenters. The molecular formula is C17H20F3N3O2. The SMILES string of the molecule is CN(C)C(=O)CC1(O)CCCN(c2ccc(C(F)(F)F)c(C#N)c2)C1. The van der Waals surface area contributed by atoms with Crippen molar-refractivity contribution in [2.24, 2.45) is 0 Å². The number of alkyl halides is 3. The predicted molar refractivity (Wildman–Crippen MR) is 85.9 cm³/mol. The normalized spacial score (nSPS) is 20.9. The fraction of sp³-hybridized carbons (Fsp3) is 0.529. The standard InChI is InChI=1S/C17H20F3N3O2/c1-22(2)15(24)9-16(25)6-3-7-23(11-16)13-4-5-14(17(18,19)20)12(8-13)10-21/h4-5,8,25H,3,6-7,9,11H2,1-2H3. The Balaban J connectivity index is 2.24. The largest absolute Gasteiger partial charge is 0.417 e. The Morgan fingerprint density at radius 3 is 2.68 bits per heavy atom. The van der Waals surface area contributed by atoms with Gasteiger partial charge in [0.2, 0.25) is 5.91 Å². The Hall–Kier alpha value is -2.27. The quantitative estimate of drug-likeness (QED) is 0.904. The Labute approximate surface area is 144 Å². The van der Waals surface area contributed by atoms with Crippen molar-refractivity contribution < 1.29 is 23.1 Å². The van der Waals surface area contributed by atoms with Crippen LogP contribution in [0.1, 0.15) is 30.4 Å². The van der Waals surface area contributed by atoms with Crippen molar-refractivity contribution >= 4 is 11.6 Å². The number of benzene rings is 1. The molecule has 1 heterocycles. The lowest BCUT2D eigenvalue weighted by Gasteiger charge is -2.40. The molecule has 1 unspecified atom stereocenters. The zero-order valence-corrected chi connectivity index (χ0v) is 14.1. The summed E-state index contributed by atoms with van der Waals surface area (Å²) in [6.45, 7) is 0.664. The van der Waals surface area contributed by atoms with E-state index in [-0.39, 0.29) is 18.9 Å². The van der Waals surface area contributed by atoms with Crippen LogP contribution in [-0.4, -0.2) is 48.7 Å². The van der Waals surface area contributed by atoms with E-state index in [9.17, 15) is 23.1 Å². The molecule has 25 heavy (non-hydrogen) atoms. The number of amides is 1. The van der Waals surface area contributed by atoms with Crippen LogP contribution in [0.2, 0.25) is 0 Å². The van der Waals surface area contributed by atoms with E-state index in [0.29, 0.717) is 25.1 Å². The zero-order chi connectivity index (χ0) is 18.8. The third kappa shape index (κ3) is 4.42. The molecule has 1 aliphatic rings. The Kier molecular flexibility index (Phi) is 5.28. The van der Waals surface area contributed by atoms with Gasteiger partial charge in [-0.1, -0.05) is 0 Å². The summed E-state index contributed by atoms with van der Waals surface area (Å²) in [5.41, 5.74) is -2.24. The van der Waals surface area contributed by atoms with Crippen molar-refractivity contribution in [3.63, 3.8) is 0 Å². The molecule has 1 aliphatic heterocycles. The second-order valence-corrected chi connectivity index (χ2v) is 6.55. The molecule has 0 bridgehead atoms. The van der Waals surface area contributed by atoms with Gasteiger partial charge in [-0.2, -0.15) is 18.4 Å². The highest BCUT2D eigenvalue weighted by Gasteiger charge is 2.37. The summed E-state index contributed by atoms with van der Waals surface area (Å²) in [7, 11) is 3.20. The summed E-state index contributed by atoms with van der Waals surface area (Å²) in [5, 5.41) is 19.7. The van der Waals surface area contributed by atoms with Crippen molar-refractivity contribution in [2.75, 3.05) is 32.1 Å². The third-order valence-corrected chi connectivity index (χ3v) is 4.33. The van der Waals surface area contributed by atoms with Gasteiger partial charge < -0.3 is 14.9 Å². The number of β-amino-alcohol motifs (C(OH)–C–C–N with tert-alkyl or cyclic N) is 1. The molecule has 1 saturated heterocycles. The molecule has 0 radical (unpaired) electrons. The van der Waals surface area contributed by atoms with Gasteiger partial charge in [0, 0.05) is 32.9 Å². The highest BCUT2D eigenvalue weighted by atomic mass is 19.4. The molecule has 5 nitrogen and oxygen atoms in total. The van der Waals surface area contributed by atoms with E-state index in [0.717, 1.165) is 6.07 Å². The van der Waals surface area contributed by atoms with Gasteiger partial charge in [-0.05, 0) is 31.0 Å². The van der Waals surface area contributed by atoms with E-state index >= 15 is 0 Å². The molecule has 0 aromatic heterocycles. The molecule has 1 amide bonds. The number of piperidine rings is 1. The van der Waals surface area contributed by atoms with Crippen LogP contribution in [0.4, 0.5) is 18.9 Å². The predicted octanol–water partition coefficient (Wildman–Crippen LogP) is 2.39. The van der Waals surface area contributed by atoms with Crippen LogP contribution in [0, 0.1) is 11.3 Å². The summed E-state index contributed by atoms with van der Waals surface area (Å²) < 4.78 is 38.7. The van der Waals surface area contributed by atoms with Crippen LogP contribution >= 0.6 is 0 Å². The lowest BCUT2D eigenvalue weighted by atomic mass is 9.88. The highest BCUT2D eigenvalue weighted by molar-refractivity contribution is 5.76. The fourth-order valence-corrected chi connectivity index (χ4v) is 2.99. The number of aliphatic hydroxyl groups is 1. The van der Waals surface area contributed by atoms with E-state index in [1.165, 1.54) is 17.0 Å². The molecule has 2 rings (SSSR count). The Morgan fingerprint density at radius 1 is 1.44 bits per heavy atom. The number of nitriles is 1. The Bertz CT molecular complexity index is 697. The molecule has 1 aromatic carbocycles. The van der Waals surface area contributed by atoms with E-state index in [4.69, 9.17) is 5.26 Å². The lowest BCUT2D eigenvalue weighted by molar-refractivity contribution is -0.138. The first-order valence-corrected chi connectivity index (χ1v) is 7.84. The number of carbonyl (C=O) groups excluding carboxylic acids is 1. The van der Waals surface area contributed by atoms with E-state index in [1.807, 2.05) is 0 Å². The van der Waals surface area contributed by atoms with Crippen LogP contribution in [0.5, 0.6) is 0 Å². The van der Waals surface area contributed by atoms with Crippen LogP contribution in [-0.2, 0) is 11.0 Å². The van der Waals surface area contributed by atoms with Crippen LogP contribution in [0.25, 0.3) is 0 Å². The molecule has 1 aromatic rings. The van der Waals surface area contributed by atoms with Crippen molar-refractivity contribution in [1.82, 2.24) is 4.90 Å². The van der Waals surface area contributed by atoms with Gasteiger partial charge in [0.25, 0.3) is 0 Å². The Morgan fingerprint density at radius 2 is 2.12 bits per heavy atom. The topological polar surface area (TPSA) is 67.6 Å². The van der Waals surface area contributed by atoms with Crippen LogP contribution in [0.3, 0.4) is 0 Å². The number of carbonyl (C=O) groups is 1. The average Bonchev–Trinajstić information content (AvgIpc) is 2.52. The molecule has 0 saturated carbocycles. The molecule has 1 fully saturated rings. The summed E-state index contributed by atoms with van der Waals surface area (Å²) in [6.07, 6.45) is -3.61. The minimum absolute atomic E-state index is 0.0533. The van der Waals surface area contributed by atoms with E-state index < -0.39 is 22.9 Å². The first-order valence-electron chi connectivity index (χ1n) is 7.84. The summed E-state index contributed by atoms with van der Waals surface area (Å²) in [4.78, 5) is 15.0. The van der Waals surface area contributed by atoms with Gasteiger partial charge in [-0.3, -0.25) is 4.79 Å². The lowest BCUT2D eigenvalue weighted by Crippen LogP contribution is -2.50. The number of anilines is 1. The van der Waals surface area contributed by atoms with E-state index in [1.54, 1.807) is 25.1 Å². The van der Waals surface area contributed by atoms with Crippen molar-refractivity contribution in [1.29, 1.82) is 5.26 Å². The third-order valence-electron chi connectivity index (χ3n) is 4.33. The smallest absolute Gasteiger partial charge is 0.388 e. The van der Waals surface area contributed by atoms with Crippen LogP contribution < -0.4 is 4.90 Å². The summed E-state index contributed by atoms with van der Waals surface area (Å²) in [5.74, 6) is -0.213.